The average molecular weight is 316 g/mol. The van der Waals surface area contributed by atoms with Gasteiger partial charge in [-0.3, -0.25) is 0 Å². The van der Waals surface area contributed by atoms with E-state index in [1.54, 1.807) is 15.8 Å². The smallest absolute Gasteiger partial charge is 0.243 e. The third-order valence-corrected chi connectivity index (χ3v) is 7.13. The van der Waals surface area contributed by atoms with E-state index in [1.807, 2.05) is 0 Å². The summed E-state index contributed by atoms with van der Waals surface area (Å²) >= 11 is 1.41. The molecule has 0 atom stereocenters. The van der Waals surface area contributed by atoms with Gasteiger partial charge in [0, 0.05) is 29.9 Å². The lowest BCUT2D eigenvalue weighted by Gasteiger charge is -2.38. The summed E-state index contributed by atoms with van der Waals surface area (Å²) in [6, 6.07) is 1.70. The number of thiophene rings is 1. The van der Waals surface area contributed by atoms with Crippen LogP contribution in [0.15, 0.2) is 16.3 Å². The van der Waals surface area contributed by atoms with Crippen LogP contribution in [-0.2, 0) is 16.6 Å². The maximum absolute atomic E-state index is 12.6. The van der Waals surface area contributed by atoms with E-state index in [2.05, 4.69) is 20.8 Å². The van der Waals surface area contributed by atoms with Gasteiger partial charge >= 0.3 is 0 Å². The summed E-state index contributed by atoms with van der Waals surface area (Å²) < 4.78 is 26.8. The highest BCUT2D eigenvalue weighted by Crippen LogP contribution is 2.36. The Labute approximate surface area is 126 Å². The van der Waals surface area contributed by atoms with Gasteiger partial charge in [0.2, 0.25) is 10.0 Å². The Morgan fingerprint density at radius 1 is 1.35 bits per heavy atom. The van der Waals surface area contributed by atoms with Crippen LogP contribution in [0.5, 0.6) is 0 Å². The highest BCUT2D eigenvalue weighted by molar-refractivity contribution is 7.89. The molecule has 0 radical (unpaired) electrons. The van der Waals surface area contributed by atoms with Crippen molar-refractivity contribution >= 4 is 21.4 Å². The van der Waals surface area contributed by atoms with Crippen molar-refractivity contribution in [2.24, 2.45) is 17.1 Å². The molecule has 1 fully saturated rings. The molecule has 0 spiro atoms. The van der Waals surface area contributed by atoms with Gasteiger partial charge in [0.25, 0.3) is 0 Å². The fraction of sp³-hybridized carbons (Fsp3) is 0.714. The first kappa shape index (κ1) is 15.9. The summed E-state index contributed by atoms with van der Waals surface area (Å²) in [7, 11) is -3.33. The molecule has 0 saturated carbocycles. The molecule has 6 heteroatoms. The van der Waals surface area contributed by atoms with E-state index in [4.69, 9.17) is 5.73 Å². The van der Waals surface area contributed by atoms with Crippen LogP contribution in [0.25, 0.3) is 0 Å². The summed E-state index contributed by atoms with van der Waals surface area (Å²) in [6.45, 7) is 8.33. The molecular formula is C14H24N2O2S2. The second-order valence-electron chi connectivity index (χ2n) is 6.50. The lowest BCUT2D eigenvalue weighted by atomic mass is 9.76. The number of hydrogen-bond donors (Lipinski definition) is 1. The number of nitrogens with two attached hydrogens (primary N) is 1. The van der Waals surface area contributed by atoms with Crippen LogP contribution >= 0.6 is 11.3 Å². The molecule has 114 valence electrons. The Morgan fingerprint density at radius 3 is 2.40 bits per heavy atom. The highest BCUT2D eigenvalue weighted by atomic mass is 32.2. The van der Waals surface area contributed by atoms with Crippen molar-refractivity contribution in [3.05, 3.63) is 16.3 Å². The minimum Gasteiger partial charge on any atom is -0.326 e. The van der Waals surface area contributed by atoms with Crippen molar-refractivity contribution in [2.75, 3.05) is 13.1 Å². The van der Waals surface area contributed by atoms with Crippen molar-refractivity contribution in [2.45, 2.75) is 45.1 Å². The van der Waals surface area contributed by atoms with E-state index in [-0.39, 0.29) is 5.41 Å². The van der Waals surface area contributed by atoms with Gasteiger partial charge < -0.3 is 5.73 Å². The molecule has 0 aliphatic carbocycles. The molecule has 1 saturated heterocycles. The van der Waals surface area contributed by atoms with Gasteiger partial charge in [-0.2, -0.15) is 4.31 Å². The number of rotatable bonds is 3. The van der Waals surface area contributed by atoms with E-state index in [0.29, 0.717) is 30.4 Å². The van der Waals surface area contributed by atoms with E-state index in [1.165, 1.54) is 11.3 Å². The largest absolute Gasteiger partial charge is 0.326 e. The van der Waals surface area contributed by atoms with Gasteiger partial charge in [-0.05, 0) is 30.2 Å². The Kier molecular flexibility index (Phi) is 4.59. The van der Waals surface area contributed by atoms with Crippen molar-refractivity contribution in [3.63, 3.8) is 0 Å². The zero-order valence-electron chi connectivity index (χ0n) is 12.4. The van der Waals surface area contributed by atoms with E-state index in [0.717, 1.165) is 17.7 Å². The molecule has 1 aliphatic heterocycles. The number of sulfonamides is 1. The van der Waals surface area contributed by atoms with Crippen LogP contribution in [-0.4, -0.2) is 25.8 Å². The number of nitrogens with zero attached hydrogens (tertiary/aromatic N) is 1. The topological polar surface area (TPSA) is 63.4 Å². The maximum Gasteiger partial charge on any atom is 0.243 e. The van der Waals surface area contributed by atoms with Crippen LogP contribution in [0.3, 0.4) is 0 Å². The molecule has 2 N–H and O–H groups in total. The third kappa shape index (κ3) is 3.24. The zero-order valence-corrected chi connectivity index (χ0v) is 14.1. The summed E-state index contributed by atoms with van der Waals surface area (Å²) in [5.41, 5.74) is 5.81. The lowest BCUT2D eigenvalue weighted by Crippen LogP contribution is -2.41. The molecule has 1 aliphatic rings. The number of piperidine rings is 1. The van der Waals surface area contributed by atoms with Gasteiger partial charge in [0.05, 0.1) is 4.90 Å². The van der Waals surface area contributed by atoms with Gasteiger partial charge in [-0.25, -0.2) is 8.42 Å². The standard InChI is InChI=1S/C14H24N2O2S2/c1-14(2,3)11-4-6-16(7-5-11)20(17,18)13-8-12(9-15)19-10-13/h8,10-11H,4-7,9,15H2,1-3H3. The van der Waals surface area contributed by atoms with Gasteiger partial charge in [0.15, 0.2) is 0 Å². The Bertz CT molecular complexity index is 550. The monoisotopic (exact) mass is 316 g/mol. The zero-order chi connectivity index (χ0) is 15.0. The summed E-state index contributed by atoms with van der Waals surface area (Å²) in [4.78, 5) is 1.31. The predicted molar refractivity (Wildman–Crippen MR) is 83.1 cm³/mol. The van der Waals surface area contributed by atoms with Crippen molar-refractivity contribution in [1.82, 2.24) is 4.31 Å². The van der Waals surface area contributed by atoms with Crippen LogP contribution in [0.4, 0.5) is 0 Å². The minimum absolute atomic E-state index is 0.255. The molecular weight excluding hydrogens is 292 g/mol. The fourth-order valence-electron chi connectivity index (χ4n) is 2.71. The van der Waals surface area contributed by atoms with Crippen LogP contribution in [0, 0.1) is 11.3 Å². The second-order valence-corrected chi connectivity index (χ2v) is 9.43. The lowest BCUT2D eigenvalue weighted by molar-refractivity contribution is 0.154. The maximum atomic E-state index is 12.6. The molecule has 0 amide bonds. The first-order chi connectivity index (χ1) is 9.25. The predicted octanol–water partition coefficient (Wildman–Crippen LogP) is 2.65. The van der Waals surface area contributed by atoms with Gasteiger partial charge in [-0.1, -0.05) is 20.8 Å². The second kappa shape index (κ2) is 5.75. The molecule has 20 heavy (non-hydrogen) atoms. The molecule has 0 aromatic carbocycles. The van der Waals surface area contributed by atoms with E-state index < -0.39 is 10.0 Å². The summed E-state index contributed by atoms with van der Waals surface area (Å²) in [5, 5.41) is 1.70. The minimum atomic E-state index is -3.33. The third-order valence-electron chi connectivity index (χ3n) is 4.15. The molecule has 2 heterocycles. The normalized spacial score (nSPS) is 19.4. The molecule has 1 aromatic rings. The number of hydrogen-bond acceptors (Lipinski definition) is 4. The first-order valence-electron chi connectivity index (χ1n) is 7.03. The van der Waals surface area contributed by atoms with Crippen LogP contribution < -0.4 is 5.73 Å². The Hall–Kier alpha value is -0.430. The quantitative estimate of drug-likeness (QED) is 0.932. The van der Waals surface area contributed by atoms with Crippen molar-refractivity contribution in [3.8, 4) is 0 Å². The highest BCUT2D eigenvalue weighted by Gasteiger charge is 2.34. The Morgan fingerprint density at radius 2 is 1.95 bits per heavy atom. The average Bonchev–Trinajstić information content (AvgIpc) is 2.87. The summed E-state index contributed by atoms with van der Waals surface area (Å²) in [5.74, 6) is 0.594. The SMILES string of the molecule is CC(C)(C)C1CCN(S(=O)(=O)c2csc(CN)c2)CC1. The molecule has 0 bridgehead atoms. The van der Waals surface area contributed by atoms with Gasteiger partial charge in [0.1, 0.15) is 0 Å². The van der Waals surface area contributed by atoms with Crippen LogP contribution in [0.1, 0.15) is 38.5 Å². The van der Waals surface area contributed by atoms with E-state index in [9.17, 15) is 8.42 Å². The Balaban J connectivity index is 2.09. The molecule has 4 nitrogen and oxygen atoms in total. The van der Waals surface area contributed by atoms with E-state index >= 15 is 0 Å². The fourth-order valence-corrected chi connectivity index (χ4v) is 5.33. The summed E-state index contributed by atoms with van der Waals surface area (Å²) in [6.07, 6.45) is 1.88. The van der Waals surface area contributed by atoms with Crippen molar-refractivity contribution in [1.29, 1.82) is 0 Å². The van der Waals surface area contributed by atoms with Gasteiger partial charge in [-0.15, -0.1) is 11.3 Å². The molecule has 0 unspecified atom stereocenters. The van der Waals surface area contributed by atoms with Crippen molar-refractivity contribution < 1.29 is 8.42 Å². The molecule has 1 aromatic heterocycles. The van der Waals surface area contributed by atoms with Crippen LogP contribution in [0.2, 0.25) is 0 Å². The first-order valence-corrected chi connectivity index (χ1v) is 9.35. The molecule has 2 rings (SSSR count).